The molecular formula is C22H31IN4O2. The Bertz CT molecular complexity index is 828. The van der Waals surface area contributed by atoms with Gasteiger partial charge < -0.3 is 25.0 Å². The van der Waals surface area contributed by atoms with E-state index in [4.69, 9.17) is 9.47 Å². The van der Waals surface area contributed by atoms with Crippen LogP contribution in [0.4, 0.5) is 5.69 Å². The molecule has 0 spiro atoms. The molecule has 1 unspecified atom stereocenters. The topological polar surface area (TPSA) is 58.1 Å². The third kappa shape index (κ3) is 5.68. The van der Waals surface area contributed by atoms with E-state index in [1.807, 2.05) is 18.2 Å². The second kappa shape index (κ2) is 11.1. The van der Waals surface area contributed by atoms with Gasteiger partial charge in [-0.3, -0.25) is 4.99 Å². The normalized spacial score (nSPS) is 15.4. The molecular weight excluding hydrogens is 479 g/mol. The molecule has 2 aromatic carbocycles. The smallest absolute Gasteiger partial charge is 0.191 e. The van der Waals surface area contributed by atoms with Crippen LogP contribution in [0.15, 0.2) is 47.5 Å². The summed E-state index contributed by atoms with van der Waals surface area (Å²) in [4.78, 5) is 6.79. The third-order valence-corrected chi connectivity index (χ3v) is 5.13. The van der Waals surface area contributed by atoms with E-state index in [2.05, 4.69) is 51.7 Å². The van der Waals surface area contributed by atoms with E-state index in [-0.39, 0.29) is 24.0 Å². The van der Waals surface area contributed by atoms with Crippen LogP contribution in [-0.4, -0.2) is 46.4 Å². The fourth-order valence-corrected chi connectivity index (χ4v) is 3.66. The number of guanidine groups is 1. The number of nitrogens with zero attached hydrogens (tertiary/aromatic N) is 2. The van der Waals surface area contributed by atoms with Crippen LogP contribution in [0.1, 0.15) is 18.1 Å². The maximum absolute atomic E-state index is 5.37. The minimum absolute atomic E-state index is 0. The van der Waals surface area contributed by atoms with Crippen molar-refractivity contribution in [1.82, 2.24) is 10.6 Å². The lowest BCUT2D eigenvalue weighted by Gasteiger charge is -2.25. The Morgan fingerprint density at radius 3 is 2.59 bits per heavy atom. The Hall–Kier alpha value is -2.16. The number of benzene rings is 2. The highest BCUT2D eigenvalue weighted by molar-refractivity contribution is 14.0. The highest BCUT2D eigenvalue weighted by Crippen LogP contribution is 2.31. The number of fused-ring (bicyclic) bond motifs is 1. The zero-order valence-corrected chi connectivity index (χ0v) is 19.9. The number of aliphatic imine (C=N–C) groups is 1. The first-order valence-electron chi connectivity index (χ1n) is 9.66. The van der Waals surface area contributed by atoms with Crippen molar-refractivity contribution in [1.29, 1.82) is 0 Å². The highest BCUT2D eigenvalue weighted by atomic mass is 127. The van der Waals surface area contributed by atoms with Crippen molar-refractivity contribution in [2.45, 2.75) is 25.9 Å². The van der Waals surface area contributed by atoms with Gasteiger partial charge in [-0.15, -0.1) is 24.0 Å². The largest absolute Gasteiger partial charge is 0.493 e. The molecule has 0 saturated heterocycles. The van der Waals surface area contributed by atoms with E-state index in [0.29, 0.717) is 12.6 Å². The third-order valence-electron chi connectivity index (χ3n) is 5.13. The maximum atomic E-state index is 5.37. The lowest BCUT2D eigenvalue weighted by molar-refractivity contribution is 0.354. The zero-order valence-electron chi connectivity index (χ0n) is 17.6. The van der Waals surface area contributed by atoms with Crippen molar-refractivity contribution in [3.05, 3.63) is 53.6 Å². The van der Waals surface area contributed by atoms with Gasteiger partial charge in [0.05, 0.1) is 14.2 Å². The molecule has 1 heterocycles. The van der Waals surface area contributed by atoms with Gasteiger partial charge in [0.1, 0.15) is 0 Å². The first-order chi connectivity index (χ1) is 13.7. The molecule has 1 aliphatic heterocycles. The average Bonchev–Trinajstić information content (AvgIpc) is 3.05. The van der Waals surface area contributed by atoms with Gasteiger partial charge in [0.15, 0.2) is 17.5 Å². The molecule has 0 aromatic heterocycles. The van der Waals surface area contributed by atoms with Crippen molar-refractivity contribution in [2.24, 2.45) is 4.99 Å². The summed E-state index contributed by atoms with van der Waals surface area (Å²) in [7, 11) is 5.08. The van der Waals surface area contributed by atoms with Crippen LogP contribution in [-0.2, 0) is 13.0 Å². The SMILES string of the molecule is CN=C(NCCN1c2ccccc2CC1C)NCc1ccc(OC)c(OC)c1.I. The zero-order chi connectivity index (χ0) is 19.9. The summed E-state index contributed by atoms with van der Waals surface area (Å²) in [5, 5.41) is 6.76. The summed E-state index contributed by atoms with van der Waals surface area (Å²) in [5.74, 6) is 2.25. The highest BCUT2D eigenvalue weighted by Gasteiger charge is 2.24. The molecule has 3 rings (SSSR count). The number of para-hydroxylation sites is 1. The number of hydrogen-bond acceptors (Lipinski definition) is 4. The Morgan fingerprint density at radius 2 is 1.86 bits per heavy atom. The molecule has 2 N–H and O–H groups in total. The van der Waals surface area contributed by atoms with Crippen LogP contribution in [0.3, 0.4) is 0 Å². The fraction of sp³-hybridized carbons (Fsp3) is 0.409. The van der Waals surface area contributed by atoms with Crippen molar-refractivity contribution >= 4 is 35.6 Å². The predicted octanol–water partition coefficient (Wildman–Crippen LogP) is 3.44. The number of anilines is 1. The average molecular weight is 510 g/mol. The van der Waals surface area contributed by atoms with E-state index in [0.717, 1.165) is 42.5 Å². The number of hydrogen-bond donors (Lipinski definition) is 2. The van der Waals surface area contributed by atoms with E-state index < -0.39 is 0 Å². The molecule has 0 bridgehead atoms. The van der Waals surface area contributed by atoms with Gasteiger partial charge in [-0.05, 0) is 42.7 Å². The van der Waals surface area contributed by atoms with Crippen molar-refractivity contribution in [2.75, 3.05) is 39.3 Å². The molecule has 6 nitrogen and oxygen atoms in total. The number of rotatable bonds is 7. The summed E-state index contributed by atoms with van der Waals surface area (Å²) in [6.07, 6.45) is 1.11. The quantitative estimate of drug-likeness (QED) is 0.340. The second-order valence-corrected chi connectivity index (χ2v) is 6.92. The summed E-state index contributed by atoms with van der Waals surface area (Å²) in [6, 6.07) is 15.1. The van der Waals surface area contributed by atoms with Gasteiger partial charge in [-0.25, -0.2) is 0 Å². The molecule has 0 saturated carbocycles. The summed E-state index contributed by atoms with van der Waals surface area (Å²) >= 11 is 0. The Labute approximate surface area is 190 Å². The van der Waals surface area contributed by atoms with E-state index in [1.54, 1.807) is 21.3 Å². The molecule has 0 aliphatic carbocycles. The van der Waals surface area contributed by atoms with Crippen LogP contribution >= 0.6 is 24.0 Å². The molecule has 158 valence electrons. The Balaban J connectivity index is 0.00000300. The summed E-state index contributed by atoms with van der Waals surface area (Å²) < 4.78 is 10.7. The molecule has 0 fully saturated rings. The van der Waals surface area contributed by atoms with E-state index in [1.165, 1.54) is 11.3 Å². The number of nitrogens with one attached hydrogen (secondary N) is 2. The summed E-state index contributed by atoms with van der Waals surface area (Å²) in [5.41, 5.74) is 3.89. The molecule has 1 aliphatic rings. The van der Waals surface area contributed by atoms with Gasteiger partial charge in [0, 0.05) is 38.4 Å². The van der Waals surface area contributed by atoms with Gasteiger partial charge in [0.25, 0.3) is 0 Å². The molecule has 29 heavy (non-hydrogen) atoms. The van der Waals surface area contributed by atoms with Crippen LogP contribution < -0.4 is 25.0 Å². The summed E-state index contributed by atoms with van der Waals surface area (Å²) in [6.45, 7) is 4.70. The maximum Gasteiger partial charge on any atom is 0.191 e. The van der Waals surface area contributed by atoms with E-state index >= 15 is 0 Å². The first-order valence-corrected chi connectivity index (χ1v) is 9.66. The van der Waals surface area contributed by atoms with Gasteiger partial charge in [-0.1, -0.05) is 24.3 Å². The lowest BCUT2D eigenvalue weighted by atomic mass is 10.1. The monoisotopic (exact) mass is 510 g/mol. The van der Waals surface area contributed by atoms with Gasteiger partial charge in [-0.2, -0.15) is 0 Å². The minimum Gasteiger partial charge on any atom is -0.493 e. The predicted molar refractivity (Wildman–Crippen MR) is 130 cm³/mol. The molecule has 0 amide bonds. The van der Waals surface area contributed by atoms with Crippen LogP contribution in [0, 0.1) is 0 Å². The van der Waals surface area contributed by atoms with Crippen molar-refractivity contribution < 1.29 is 9.47 Å². The van der Waals surface area contributed by atoms with Crippen molar-refractivity contribution in [3.63, 3.8) is 0 Å². The standard InChI is InChI=1S/C22H30N4O2.HI/c1-16-13-18-7-5-6-8-19(18)26(16)12-11-24-22(23-2)25-15-17-9-10-20(27-3)21(14-17)28-4;/h5-10,14,16H,11-13,15H2,1-4H3,(H2,23,24,25);1H. The number of methoxy groups -OCH3 is 2. The van der Waals surface area contributed by atoms with Gasteiger partial charge >= 0.3 is 0 Å². The van der Waals surface area contributed by atoms with Crippen LogP contribution in [0.5, 0.6) is 11.5 Å². The minimum atomic E-state index is 0. The molecule has 7 heteroatoms. The Kier molecular flexibility index (Phi) is 8.88. The van der Waals surface area contributed by atoms with Crippen LogP contribution in [0.2, 0.25) is 0 Å². The van der Waals surface area contributed by atoms with Crippen molar-refractivity contribution in [3.8, 4) is 11.5 Å². The number of ether oxygens (including phenoxy) is 2. The van der Waals surface area contributed by atoms with Crippen LogP contribution in [0.25, 0.3) is 0 Å². The fourth-order valence-electron chi connectivity index (χ4n) is 3.66. The Morgan fingerprint density at radius 1 is 1.10 bits per heavy atom. The molecule has 2 aromatic rings. The molecule has 1 atom stereocenters. The lowest BCUT2D eigenvalue weighted by Crippen LogP contribution is -2.42. The second-order valence-electron chi connectivity index (χ2n) is 6.92. The molecule has 0 radical (unpaired) electrons. The van der Waals surface area contributed by atoms with E-state index in [9.17, 15) is 0 Å². The van der Waals surface area contributed by atoms with Gasteiger partial charge in [0.2, 0.25) is 0 Å². The first kappa shape index (κ1) is 23.1. The number of halogens is 1.